The maximum Gasteiger partial charge on any atom is 0.135 e. The average molecular weight is 1150 g/mol. The van der Waals surface area contributed by atoms with Gasteiger partial charge in [0, 0.05) is 71.9 Å². The third-order valence-electron chi connectivity index (χ3n) is 15.0. The number of allylic oxidation sites excluding steroid dienone is 1. The fourth-order valence-corrected chi connectivity index (χ4v) is 10.2. The smallest absolute Gasteiger partial charge is 0.135 e. The van der Waals surface area contributed by atoms with Crippen LogP contribution in [0.2, 0.25) is 0 Å². The van der Waals surface area contributed by atoms with Crippen molar-refractivity contribution >= 4 is 33.2 Å². The van der Waals surface area contributed by atoms with Gasteiger partial charge in [-0.15, -0.1) is 53.6 Å². The predicted octanol–water partition coefficient (Wildman–Crippen LogP) is 17.8. The molecule has 74 heavy (non-hydrogen) atoms. The molecule has 0 saturated heterocycles. The van der Waals surface area contributed by atoms with E-state index >= 15 is 0 Å². The molecule has 3 heterocycles. The van der Waals surface area contributed by atoms with Crippen LogP contribution in [0.25, 0.3) is 38.8 Å². The summed E-state index contributed by atoms with van der Waals surface area (Å²) in [6, 6.07) is 66.6. The topological polar surface area (TPSA) is 33.5 Å². The van der Waals surface area contributed by atoms with Gasteiger partial charge >= 0.3 is 0 Å². The van der Waals surface area contributed by atoms with Crippen molar-refractivity contribution in [3.05, 3.63) is 234 Å². The number of nitrogens with zero attached hydrogens (tertiary/aromatic N) is 4. The molecule has 0 amide bonds. The Hall–Kier alpha value is -6.68. The second-order valence-corrected chi connectivity index (χ2v) is 24.0. The molecule has 0 unspecified atom stereocenters. The van der Waals surface area contributed by atoms with E-state index in [0.717, 1.165) is 55.8 Å². The van der Waals surface area contributed by atoms with E-state index in [0.29, 0.717) is 11.5 Å². The Morgan fingerprint density at radius 1 is 0.473 bits per heavy atom. The summed E-state index contributed by atoms with van der Waals surface area (Å²) in [4.78, 5) is 9.56. The first-order chi connectivity index (χ1) is 34.6. The monoisotopic (exact) mass is 1150 g/mol. The second kappa shape index (κ2) is 19.5. The Morgan fingerprint density at radius 2 is 1.05 bits per heavy atom. The summed E-state index contributed by atoms with van der Waals surface area (Å²) in [5, 5.41) is 2.26. The minimum atomic E-state index is -0.273. The first-order valence-electron chi connectivity index (χ1n) is 25.8. The van der Waals surface area contributed by atoms with Crippen molar-refractivity contribution < 1.29 is 25.8 Å². The molecule has 380 valence electrons. The molecule has 6 heteroatoms. The number of fused-ring (bicyclic) bond motifs is 3. The summed E-state index contributed by atoms with van der Waals surface area (Å²) in [5.74, 6) is 2.04. The van der Waals surface area contributed by atoms with E-state index in [1.807, 2.05) is 12.3 Å². The van der Waals surface area contributed by atoms with Crippen LogP contribution >= 0.6 is 0 Å². The van der Waals surface area contributed by atoms with Crippen molar-refractivity contribution in [2.75, 3.05) is 9.80 Å². The van der Waals surface area contributed by atoms with Gasteiger partial charge in [-0.3, -0.25) is 0 Å². The fraction of sp³-hybridized carbons (Fsp3) is 0.265. The summed E-state index contributed by atoms with van der Waals surface area (Å²) < 4.78 is 9.21. The van der Waals surface area contributed by atoms with Gasteiger partial charge in [-0.05, 0) is 91.7 Å². The van der Waals surface area contributed by atoms with Crippen LogP contribution in [-0.2, 0) is 42.7 Å². The molecule has 1 aliphatic rings. The van der Waals surface area contributed by atoms with Crippen LogP contribution in [0.3, 0.4) is 0 Å². The molecule has 0 fully saturated rings. The van der Waals surface area contributed by atoms with Gasteiger partial charge in [0.25, 0.3) is 0 Å². The molecule has 7 aromatic carbocycles. The van der Waals surface area contributed by atoms with Crippen molar-refractivity contribution in [3.8, 4) is 28.4 Å². The van der Waals surface area contributed by atoms with Crippen LogP contribution in [0, 0.1) is 24.2 Å². The number of ether oxygens (including phenoxy) is 1. The van der Waals surface area contributed by atoms with Gasteiger partial charge in [-0.1, -0.05) is 205 Å². The molecule has 5 nitrogen and oxygen atoms in total. The summed E-state index contributed by atoms with van der Waals surface area (Å²) in [6.45, 7) is 32.0. The van der Waals surface area contributed by atoms with Crippen molar-refractivity contribution in [2.24, 2.45) is 5.41 Å². The van der Waals surface area contributed by atoms with Crippen LogP contribution in [0.4, 0.5) is 11.4 Å². The zero-order chi connectivity index (χ0) is 51.7. The van der Waals surface area contributed by atoms with E-state index in [4.69, 9.17) is 9.72 Å². The van der Waals surface area contributed by atoms with E-state index in [9.17, 15) is 0 Å². The zero-order valence-corrected chi connectivity index (χ0v) is 47.6. The Kier molecular flexibility index (Phi) is 13.8. The molecule has 0 radical (unpaired) electrons. The Morgan fingerprint density at radius 3 is 1.64 bits per heavy atom. The Bertz CT molecular complexity index is 3440. The van der Waals surface area contributed by atoms with Gasteiger partial charge in [-0.25, -0.2) is 4.98 Å². The van der Waals surface area contributed by atoms with Gasteiger partial charge < -0.3 is 19.1 Å². The Labute approximate surface area is 455 Å². The number of rotatable bonds is 10. The number of aromatic nitrogens is 2. The van der Waals surface area contributed by atoms with Gasteiger partial charge in [0.2, 0.25) is 0 Å². The zero-order valence-electron chi connectivity index (χ0n) is 45.3. The molecule has 0 spiro atoms. The molecule has 10 rings (SSSR count). The van der Waals surface area contributed by atoms with Crippen molar-refractivity contribution in [1.29, 1.82) is 0 Å². The Balaban J connectivity index is 0.00000672. The van der Waals surface area contributed by atoms with Gasteiger partial charge in [-0.2, -0.15) is 6.07 Å². The van der Waals surface area contributed by atoms with Gasteiger partial charge in [0.05, 0.1) is 0 Å². The van der Waals surface area contributed by atoms with Crippen LogP contribution in [0.15, 0.2) is 182 Å². The van der Waals surface area contributed by atoms with E-state index in [1.54, 1.807) is 0 Å². The maximum absolute atomic E-state index is 6.97. The number of benzene rings is 7. The molecule has 9 aromatic rings. The van der Waals surface area contributed by atoms with Gasteiger partial charge in [0.1, 0.15) is 5.82 Å². The molecular formula is C68H69N4OPt-3. The predicted molar refractivity (Wildman–Crippen MR) is 306 cm³/mol. The number of pyridine rings is 1. The van der Waals surface area contributed by atoms with E-state index < -0.39 is 0 Å². The molecule has 0 aliphatic carbocycles. The third kappa shape index (κ3) is 10.1. The maximum atomic E-state index is 6.97. The molecule has 0 atom stereocenters. The van der Waals surface area contributed by atoms with Crippen LogP contribution < -0.4 is 14.5 Å². The van der Waals surface area contributed by atoms with Crippen molar-refractivity contribution in [1.82, 2.24) is 9.55 Å². The summed E-state index contributed by atoms with van der Waals surface area (Å²) in [6.07, 6.45) is 4.19. The van der Waals surface area contributed by atoms with E-state index in [1.165, 1.54) is 33.4 Å². The SMILES string of the molecule is CC(C)(C)C1=CN(c2[c-]c(Oc3[c-]c4c(cc3)c3cc(C(C)(C)C)ccc3n4-c3cc(C(C)(C)C)ccn3)cc(-c3ccccc3)c2)[CH-]N1c1cc(C(C)(C)c2ccccc2)cc(C(C)(C)c2ccccc2)c1.[Pt]. The number of anilines is 2. The fourth-order valence-electron chi connectivity index (χ4n) is 10.2. The first-order valence-corrected chi connectivity index (χ1v) is 25.8. The third-order valence-corrected chi connectivity index (χ3v) is 15.0. The molecule has 0 saturated carbocycles. The van der Waals surface area contributed by atoms with E-state index in [-0.39, 0.29) is 48.1 Å². The van der Waals surface area contributed by atoms with Crippen molar-refractivity contribution in [3.63, 3.8) is 0 Å². The van der Waals surface area contributed by atoms with Crippen LogP contribution in [0.1, 0.15) is 123 Å². The summed E-state index contributed by atoms with van der Waals surface area (Å²) in [7, 11) is 0. The molecule has 2 aromatic heterocycles. The largest absolute Gasteiger partial charge is 0.509 e. The van der Waals surface area contributed by atoms with Crippen molar-refractivity contribution in [2.45, 2.75) is 112 Å². The quantitative estimate of drug-likeness (QED) is 0.128. The summed E-state index contributed by atoms with van der Waals surface area (Å²) in [5.41, 5.74) is 13.9. The molecular weight excluding hydrogens is 1080 g/mol. The number of hydrogen-bond acceptors (Lipinski definition) is 4. The summed E-state index contributed by atoms with van der Waals surface area (Å²) >= 11 is 0. The number of hydrogen-bond donors (Lipinski definition) is 0. The van der Waals surface area contributed by atoms with Crippen LogP contribution in [0.5, 0.6) is 11.5 Å². The minimum absolute atomic E-state index is 0. The average Bonchev–Trinajstić information content (AvgIpc) is 3.97. The molecule has 1 aliphatic heterocycles. The minimum Gasteiger partial charge on any atom is -0.509 e. The van der Waals surface area contributed by atoms with Gasteiger partial charge in [0.15, 0.2) is 0 Å². The molecule has 0 bridgehead atoms. The van der Waals surface area contributed by atoms with E-state index in [2.05, 4.69) is 287 Å². The molecule has 0 N–H and O–H groups in total. The van der Waals surface area contributed by atoms with Crippen LogP contribution in [-0.4, -0.2) is 9.55 Å². The second-order valence-electron chi connectivity index (χ2n) is 24.0. The normalized spacial score (nSPS) is 13.6. The standard InChI is InChI=1S/C68H69N4O.Pt/c1-64(2,3)50-29-32-60-59(40-50)58-31-30-56(43-61(58)72(60)63-41-51(33-34-69-63)65(4,5)6)73-57-36-47(46-23-17-14-18-24-46)35-54(42-57)70-44-62(66(7,8)9)71(45-70)55-38-52(67(10,11)48-25-19-15-20-26-48)37-53(39-55)68(12,13)49-27-21-16-22-28-49;/h14-41,44-45H,1-13H3;/q-3;. The first kappa shape index (κ1) is 52.2.